The maximum Gasteiger partial charge on any atom is 0.187 e. The highest BCUT2D eigenvalue weighted by atomic mass is 32.1. The van der Waals surface area contributed by atoms with E-state index in [1.807, 2.05) is 13.8 Å². The lowest BCUT2D eigenvalue weighted by Crippen LogP contribution is -2.37. The Morgan fingerprint density at radius 1 is 1.28 bits per heavy atom. The van der Waals surface area contributed by atoms with Crippen LogP contribution in [0.15, 0.2) is 23.3 Å². The van der Waals surface area contributed by atoms with Gasteiger partial charge >= 0.3 is 0 Å². The van der Waals surface area contributed by atoms with Crippen LogP contribution in [0.2, 0.25) is 0 Å². The molecule has 3 nitrogen and oxygen atoms in total. The average Bonchev–Trinajstić information content (AvgIpc) is 2.25. The first-order valence-electron chi connectivity index (χ1n) is 5.47. The number of halogens is 2. The lowest BCUT2D eigenvalue weighted by Gasteiger charge is -2.11. The van der Waals surface area contributed by atoms with Crippen molar-refractivity contribution in [2.45, 2.75) is 26.8 Å². The summed E-state index contributed by atoms with van der Waals surface area (Å²) < 4.78 is 26.9. The molecule has 0 unspecified atom stereocenters. The van der Waals surface area contributed by atoms with Crippen LogP contribution in [0.1, 0.15) is 26.3 Å². The van der Waals surface area contributed by atoms with Gasteiger partial charge in [-0.1, -0.05) is 6.07 Å². The summed E-state index contributed by atoms with van der Waals surface area (Å²) >= 11 is 4.95. The van der Waals surface area contributed by atoms with E-state index in [1.165, 1.54) is 25.1 Å². The van der Waals surface area contributed by atoms with Crippen molar-refractivity contribution >= 4 is 23.0 Å². The largest absolute Gasteiger partial charge is 0.359 e. The molecule has 0 aliphatic rings. The molecule has 1 aromatic carbocycles. The van der Waals surface area contributed by atoms with Gasteiger partial charge in [0.05, 0.1) is 11.3 Å². The first-order chi connectivity index (χ1) is 8.41. The first-order valence-corrected chi connectivity index (χ1v) is 5.87. The van der Waals surface area contributed by atoms with E-state index in [4.69, 9.17) is 12.2 Å². The van der Waals surface area contributed by atoms with Gasteiger partial charge < -0.3 is 5.32 Å². The number of hydrazone groups is 1. The van der Waals surface area contributed by atoms with E-state index in [0.29, 0.717) is 5.11 Å². The van der Waals surface area contributed by atoms with E-state index in [2.05, 4.69) is 15.8 Å². The molecule has 0 aromatic heterocycles. The van der Waals surface area contributed by atoms with E-state index in [0.717, 1.165) is 0 Å². The van der Waals surface area contributed by atoms with E-state index >= 15 is 0 Å². The summed E-state index contributed by atoms with van der Waals surface area (Å²) in [5.74, 6) is -1.30. The van der Waals surface area contributed by atoms with Gasteiger partial charge in [0.2, 0.25) is 0 Å². The van der Waals surface area contributed by atoms with Crippen LogP contribution in [-0.2, 0) is 0 Å². The number of benzene rings is 1. The van der Waals surface area contributed by atoms with Crippen molar-refractivity contribution in [3.05, 3.63) is 35.4 Å². The zero-order chi connectivity index (χ0) is 13.7. The Kier molecular flexibility index (Phi) is 5.15. The fourth-order valence-electron chi connectivity index (χ4n) is 1.33. The maximum atomic E-state index is 13.4. The monoisotopic (exact) mass is 271 g/mol. The fraction of sp³-hybridized carbons (Fsp3) is 0.333. The third-order valence-corrected chi connectivity index (χ3v) is 2.28. The van der Waals surface area contributed by atoms with E-state index in [9.17, 15) is 8.78 Å². The van der Waals surface area contributed by atoms with Crippen LogP contribution in [0.3, 0.4) is 0 Å². The molecule has 0 aliphatic carbocycles. The van der Waals surface area contributed by atoms with Crippen LogP contribution in [0, 0.1) is 11.6 Å². The molecule has 0 atom stereocenters. The van der Waals surface area contributed by atoms with Gasteiger partial charge in [-0.3, -0.25) is 5.43 Å². The normalized spacial score (nSPS) is 11.6. The minimum Gasteiger partial charge on any atom is -0.359 e. The van der Waals surface area contributed by atoms with E-state index in [1.54, 1.807) is 0 Å². The molecule has 0 radical (unpaired) electrons. The molecule has 1 aromatic rings. The average molecular weight is 271 g/mol. The van der Waals surface area contributed by atoms with Crippen molar-refractivity contribution < 1.29 is 8.78 Å². The van der Waals surface area contributed by atoms with Crippen molar-refractivity contribution in [1.82, 2.24) is 10.7 Å². The van der Waals surface area contributed by atoms with Crippen molar-refractivity contribution in [2.75, 3.05) is 0 Å². The predicted octanol–water partition coefficient (Wildman–Crippen LogP) is 2.56. The van der Waals surface area contributed by atoms with E-state index in [-0.39, 0.29) is 17.3 Å². The number of thiocarbonyl (C=S) groups is 1. The highest BCUT2D eigenvalue weighted by Gasteiger charge is 2.11. The van der Waals surface area contributed by atoms with E-state index < -0.39 is 11.6 Å². The highest BCUT2D eigenvalue weighted by Crippen LogP contribution is 2.12. The van der Waals surface area contributed by atoms with Crippen LogP contribution in [-0.4, -0.2) is 16.9 Å². The van der Waals surface area contributed by atoms with Gasteiger partial charge in [-0.05, 0) is 45.1 Å². The zero-order valence-electron chi connectivity index (χ0n) is 10.4. The third-order valence-electron chi connectivity index (χ3n) is 2.07. The molecular formula is C12H15F2N3S. The van der Waals surface area contributed by atoms with Crippen LogP contribution >= 0.6 is 12.2 Å². The minimum atomic E-state index is -0.652. The van der Waals surface area contributed by atoms with Crippen LogP contribution in [0.25, 0.3) is 0 Å². The fourth-order valence-corrected chi connectivity index (χ4v) is 1.61. The smallest absolute Gasteiger partial charge is 0.187 e. The van der Waals surface area contributed by atoms with Crippen LogP contribution < -0.4 is 10.7 Å². The lowest BCUT2D eigenvalue weighted by atomic mass is 10.1. The number of rotatable bonds is 3. The molecular weight excluding hydrogens is 256 g/mol. The second-order valence-electron chi connectivity index (χ2n) is 4.03. The number of nitrogens with zero attached hydrogens (tertiary/aromatic N) is 1. The van der Waals surface area contributed by atoms with Crippen LogP contribution in [0.5, 0.6) is 0 Å². The molecule has 2 N–H and O–H groups in total. The number of nitrogens with one attached hydrogen (secondary N) is 2. The Morgan fingerprint density at radius 2 is 1.83 bits per heavy atom. The molecule has 0 saturated carbocycles. The lowest BCUT2D eigenvalue weighted by molar-refractivity contribution is 0.578. The summed E-state index contributed by atoms with van der Waals surface area (Å²) in [6.07, 6.45) is 0. The van der Waals surface area contributed by atoms with Gasteiger partial charge in [0.25, 0.3) is 0 Å². The molecule has 1 rings (SSSR count). The third kappa shape index (κ3) is 4.03. The molecule has 0 aliphatic heterocycles. The second kappa shape index (κ2) is 6.39. The first kappa shape index (κ1) is 14.5. The van der Waals surface area contributed by atoms with Crippen molar-refractivity contribution in [3.63, 3.8) is 0 Å². The second-order valence-corrected chi connectivity index (χ2v) is 4.44. The maximum absolute atomic E-state index is 13.4. The highest BCUT2D eigenvalue weighted by molar-refractivity contribution is 7.80. The summed E-state index contributed by atoms with van der Waals surface area (Å²) in [5, 5.41) is 7.06. The summed E-state index contributed by atoms with van der Waals surface area (Å²) in [4.78, 5) is 0. The SMILES string of the molecule is C/C(=N/NC(=S)NC(C)C)c1c(F)cccc1F. The van der Waals surface area contributed by atoms with Crippen molar-refractivity contribution in [3.8, 4) is 0 Å². The summed E-state index contributed by atoms with van der Waals surface area (Å²) in [6.45, 7) is 5.34. The molecule has 0 amide bonds. The molecule has 0 bridgehead atoms. The summed E-state index contributed by atoms with van der Waals surface area (Å²) in [7, 11) is 0. The molecule has 98 valence electrons. The number of hydrogen-bond acceptors (Lipinski definition) is 2. The molecule has 0 fully saturated rings. The standard InChI is InChI=1S/C12H15F2N3S/c1-7(2)15-12(18)17-16-8(3)11-9(13)5-4-6-10(11)14/h4-7H,1-3H3,(H2,15,17,18)/b16-8-. The summed E-state index contributed by atoms with van der Waals surface area (Å²) in [6, 6.07) is 3.83. The quantitative estimate of drug-likeness (QED) is 0.504. The topological polar surface area (TPSA) is 36.4 Å². The zero-order valence-corrected chi connectivity index (χ0v) is 11.2. The van der Waals surface area contributed by atoms with Gasteiger partial charge in [-0.15, -0.1) is 0 Å². The Morgan fingerprint density at radius 3 is 2.33 bits per heavy atom. The molecule has 0 spiro atoms. The molecule has 18 heavy (non-hydrogen) atoms. The molecule has 0 heterocycles. The number of hydrogen-bond donors (Lipinski definition) is 2. The van der Waals surface area contributed by atoms with Crippen molar-refractivity contribution in [2.24, 2.45) is 5.10 Å². The predicted molar refractivity (Wildman–Crippen MR) is 72.6 cm³/mol. The Labute approximate surface area is 110 Å². The molecule has 6 heteroatoms. The van der Waals surface area contributed by atoms with Gasteiger partial charge in [0.15, 0.2) is 5.11 Å². The Balaban J connectivity index is 2.81. The van der Waals surface area contributed by atoms with Gasteiger partial charge in [-0.25, -0.2) is 8.78 Å². The minimum absolute atomic E-state index is 0.155. The van der Waals surface area contributed by atoms with Crippen LogP contribution in [0.4, 0.5) is 8.78 Å². The van der Waals surface area contributed by atoms with Crippen molar-refractivity contribution in [1.29, 1.82) is 0 Å². The Bertz CT molecular complexity index is 452. The molecule has 0 saturated heterocycles. The van der Waals surface area contributed by atoms with Gasteiger partial charge in [-0.2, -0.15) is 5.10 Å². The van der Waals surface area contributed by atoms with Gasteiger partial charge in [0, 0.05) is 6.04 Å². The Hall–Kier alpha value is -1.56. The summed E-state index contributed by atoms with van der Waals surface area (Å²) in [5.41, 5.74) is 2.58. The van der Waals surface area contributed by atoms with Gasteiger partial charge in [0.1, 0.15) is 11.6 Å².